The van der Waals surface area contributed by atoms with E-state index in [1.165, 1.54) is 65.5 Å². The Hall–Kier alpha value is -8.65. The predicted molar refractivity (Wildman–Crippen MR) is 385 cm³/mol. The van der Waals surface area contributed by atoms with Crippen LogP contribution in [-0.2, 0) is 23.8 Å². The number of phenolic OH excluding ortho intramolecular Hbond substituents is 3. The summed E-state index contributed by atoms with van der Waals surface area (Å²) in [6.45, 7) is 24.8. The summed E-state index contributed by atoms with van der Waals surface area (Å²) in [7, 11) is 3.42. The molecule has 2 fully saturated rings. The Morgan fingerprint density at radius 2 is 1.48 bits per heavy atom. The fourth-order valence-electron chi connectivity index (χ4n) is 12.9. The number of aliphatic hydroxyl groups is 4. The van der Waals surface area contributed by atoms with Crippen molar-refractivity contribution in [2.24, 2.45) is 28.8 Å². The number of benzene rings is 4. The average molecular weight is 1440 g/mol. The van der Waals surface area contributed by atoms with E-state index >= 15 is 0 Å². The molecule has 0 radical (unpaired) electrons. The van der Waals surface area contributed by atoms with Crippen molar-refractivity contribution in [3.8, 4) is 28.7 Å². The lowest BCUT2D eigenvalue weighted by Crippen LogP contribution is -2.49. The Kier molecular flexibility index (Phi) is 28.7. The first-order valence-electron chi connectivity index (χ1n) is 34.6. The molecule has 2 saturated heterocycles. The van der Waals surface area contributed by atoms with E-state index < -0.39 is 123 Å². The summed E-state index contributed by atoms with van der Waals surface area (Å²) in [6, 6.07) is 5.70. The SMILES string of the molecule is CC1CN(c2cc3c(cc2F)c(=O)c(C(=O)O)cn3-c2ccc(F)cc2F)CCN1.CC[C@@H](CO)NCCN[C@@H](CC)CO.CO[C@H]1/C=C/O[C@@]2(C)Oc3c(C)c(O)c4c(O)c(c(/C=N\N5CCN(C)CC5)c(O)c4c3C2=O)NC(=O)/C(C)=C\C=C\[C@@H](C)[C@H](O)[C@@H](C)[C@H](O)[C@@H](C)[C@H](OC(C)=O)[C@@H]1C. The van der Waals surface area contributed by atoms with Crippen molar-refractivity contribution >= 4 is 62.9 Å². The highest BCUT2D eigenvalue weighted by Gasteiger charge is 2.50. The van der Waals surface area contributed by atoms with Crippen molar-refractivity contribution in [1.29, 1.82) is 0 Å². The van der Waals surface area contributed by atoms with Crippen LogP contribution in [0, 0.1) is 48.0 Å². The van der Waals surface area contributed by atoms with Gasteiger partial charge in [-0.05, 0) is 71.0 Å². The molecule has 12 atom stereocenters. The van der Waals surface area contributed by atoms with Crippen LogP contribution < -0.4 is 36.3 Å². The highest BCUT2D eigenvalue weighted by Crippen LogP contribution is 2.55. The van der Waals surface area contributed by atoms with Gasteiger partial charge in [0, 0.05) is 156 Å². The molecule has 6 heterocycles. The molecule has 4 aromatic carbocycles. The van der Waals surface area contributed by atoms with E-state index in [0.29, 0.717) is 38.8 Å². The van der Waals surface area contributed by atoms with Gasteiger partial charge in [0.05, 0.1) is 83.1 Å². The number of ether oxygens (including phenoxy) is 4. The molecule has 29 heteroatoms. The van der Waals surface area contributed by atoms with Crippen molar-refractivity contribution in [1.82, 2.24) is 30.4 Å². The van der Waals surface area contributed by atoms with Gasteiger partial charge < -0.3 is 95.4 Å². The molecular formula is C74H100F3N9O17. The number of aromatic hydroxyl groups is 3. The molecule has 12 N–H and O–H groups in total. The molecule has 5 aliphatic rings. The van der Waals surface area contributed by atoms with Crippen LogP contribution >= 0.6 is 0 Å². The van der Waals surface area contributed by atoms with Crippen LogP contribution in [0.1, 0.15) is 114 Å². The van der Waals surface area contributed by atoms with Crippen LogP contribution in [0.15, 0.2) is 82.6 Å². The normalized spacial score (nSPS) is 25.4. The number of ketones is 1. The molecule has 0 spiro atoms. The topological polar surface area (TPSA) is 359 Å². The monoisotopic (exact) mass is 1440 g/mol. The molecule has 0 aliphatic carbocycles. The number of fused-ring (bicyclic) bond motifs is 15. The van der Waals surface area contributed by atoms with Crippen LogP contribution in [0.3, 0.4) is 0 Å². The number of methoxy groups -OCH3 is 1. The van der Waals surface area contributed by atoms with E-state index in [1.807, 2.05) is 27.8 Å². The number of allylic oxidation sites excluding steroid dienone is 2. The molecule has 0 saturated carbocycles. The minimum Gasteiger partial charge on any atom is -0.507 e. The number of halogens is 3. The Morgan fingerprint density at radius 1 is 0.835 bits per heavy atom. The van der Waals surface area contributed by atoms with Crippen LogP contribution in [0.25, 0.3) is 27.4 Å². The van der Waals surface area contributed by atoms with Crippen LogP contribution in [-0.4, -0.2) is 220 Å². The van der Waals surface area contributed by atoms with Gasteiger partial charge >= 0.3 is 17.7 Å². The van der Waals surface area contributed by atoms with Gasteiger partial charge in [-0.2, -0.15) is 5.10 Å². The van der Waals surface area contributed by atoms with Gasteiger partial charge in [0.15, 0.2) is 5.75 Å². The van der Waals surface area contributed by atoms with E-state index in [1.54, 1.807) is 49.8 Å². The van der Waals surface area contributed by atoms with Crippen LogP contribution in [0.2, 0.25) is 0 Å². The number of rotatable bonds is 16. The lowest BCUT2D eigenvalue weighted by Gasteiger charge is -2.38. The fourth-order valence-corrected chi connectivity index (χ4v) is 12.9. The first-order chi connectivity index (χ1) is 48.8. The van der Waals surface area contributed by atoms with E-state index in [0.717, 1.165) is 68.0 Å². The number of carbonyl (C=O) groups is 4. The lowest BCUT2D eigenvalue weighted by atomic mass is 9.78. The summed E-state index contributed by atoms with van der Waals surface area (Å²) < 4.78 is 67.6. The largest absolute Gasteiger partial charge is 0.507 e. The van der Waals surface area contributed by atoms with E-state index in [2.05, 4.69) is 31.3 Å². The summed E-state index contributed by atoms with van der Waals surface area (Å²) in [5.41, 5.74) is -1.69. The third-order valence-electron chi connectivity index (χ3n) is 19.5. The van der Waals surface area contributed by atoms with Gasteiger partial charge in [-0.25, -0.2) is 18.0 Å². The highest BCUT2D eigenvalue weighted by molar-refractivity contribution is 6.24. The number of carboxylic acids is 1. The molecule has 5 aromatic rings. The molecule has 10 rings (SSSR count). The minimum absolute atomic E-state index is 0.0559. The summed E-state index contributed by atoms with van der Waals surface area (Å²) in [5, 5.41) is 104. The molecule has 1 unspecified atom stereocenters. The number of hydrazone groups is 1. The summed E-state index contributed by atoms with van der Waals surface area (Å²) >= 11 is 0. The maximum absolute atomic E-state index is 14.9. The number of aromatic carboxylic acids is 1. The second-order valence-electron chi connectivity index (χ2n) is 26.9. The molecule has 5 bridgehead atoms. The summed E-state index contributed by atoms with van der Waals surface area (Å²) in [4.78, 5) is 68.6. The van der Waals surface area contributed by atoms with E-state index in [-0.39, 0.29) is 98.1 Å². The number of aliphatic hydroxyl groups excluding tert-OH is 4. The Labute approximate surface area is 597 Å². The van der Waals surface area contributed by atoms with Gasteiger partial charge in [-0.15, -0.1) is 0 Å². The van der Waals surface area contributed by atoms with Crippen LogP contribution in [0.4, 0.5) is 24.5 Å². The Morgan fingerprint density at radius 3 is 2.06 bits per heavy atom. The zero-order valence-corrected chi connectivity index (χ0v) is 60.6. The number of aromatic nitrogens is 1. The van der Waals surface area contributed by atoms with E-state index in [9.17, 15) is 67.8 Å². The average Bonchev–Trinajstić information content (AvgIpc) is 1.63. The second-order valence-corrected chi connectivity index (χ2v) is 26.9. The lowest BCUT2D eigenvalue weighted by molar-refractivity contribution is -0.160. The number of pyridine rings is 1. The summed E-state index contributed by atoms with van der Waals surface area (Å²) in [6.07, 6.45) is 7.71. The predicted octanol–water partition coefficient (Wildman–Crippen LogP) is 6.95. The fraction of sp³-hybridized carbons (Fsp3) is 0.514. The number of phenols is 3. The number of carbonyl (C=O) groups excluding carboxylic acids is 3. The Balaban J connectivity index is 0.000000277. The molecular weight excluding hydrogens is 1340 g/mol. The van der Waals surface area contributed by atoms with Gasteiger partial charge in [-0.3, -0.25) is 24.2 Å². The first-order valence-corrected chi connectivity index (χ1v) is 34.6. The zero-order chi connectivity index (χ0) is 76.1. The number of likely N-dealkylation sites (N-methyl/N-ethyl adjacent to an activating group) is 1. The number of piperazine rings is 2. The second kappa shape index (κ2) is 36.2. The van der Waals surface area contributed by atoms with Crippen LogP contribution in [0.5, 0.6) is 23.0 Å². The van der Waals surface area contributed by atoms with Crippen molar-refractivity contribution in [3.63, 3.8) is 0 Å². The summed E-state index contributed by atoms with van der Waals surface area (Å²) in [5.74, 6) is -12.3. The molecule has 1 aromatic heterocycles. The third kappa shape index (κ3) is 19.0. The van der Waals surface area contributed by atoms with Gasteiger partial charge in [0.25, 0.3) is 11.7 Å². The number of esters is 1. The molecule has 1 amide bonds. The van der Waals surface area contributed by atoms with Crippen molar-refractivity contribution in [2.75, 3.05) is 96.5 Å². The maximum atomic E-state index is 14.9. The maximum Gasteiger partial charge on any atom is 0.341 e. The first kappa shape index (κ1) is 81.6. The molecule has 26 nitrogen and oxygen atoms in total. The molecule has 5 aliphatic heterocycles. The third-order valence-corrected chi connectivity index (χ3v) is 19.5. The van der Waals surface area contributed by atoms with E-state index in [4.69, 9.17) is 29.2 Å². The number of anilines is 2. The zero-order valence-electron chi connectivity index (χ0n) is 60.6. The number of amides is 1. The number of nitrogens with zero attached hydrogens (tertiary/aromatic N) is 5. The number of Topliss-reactive ketones (excluding diaryl/α,β-unsaturated/α-hetero) is 1. The number of hydrogen-bond acceptors (Lipinski definition) is 23. The molecule has 564 valence electrons. The number of nitrogens with one attached hydrogen (secondary N) is 4. The van der Waals surface area contributed by atoms with Crippen molar-refractivity contribution in [2.45, 2.75) is 137 Å². The van der Waals surface area contributed by atoms with Gasteiger partial charge in [0.2, 0.25) is 5.43 Å². The number of carboxylic acid groups (broad SMARTS) is 1. The quantitative estimate of drug-likeness (QED) is 0.0156. The van der Waals surface area contributed by atoms with Crippen molar-refractivity contribution < 1.29 is 92.1 Å². The standard InChI is InChI=1S/C43H58N4O12.C21H18F3N3O3.C10H24N2O2/c1-21-12-11-13-22(2)42(55)45-33-28(20-44-47-17-15-46(9)16-18-47)37(52)30-31(38(33)53)36(51)26(6)40-32(30)41(54)43(8,59-40)57-19-14-29(56-10)23(3)39(58-27(7)48)25(5)35(50)24(4)34(21)49;1-11-9-26(5-4-25-11)19-8-18-13(7-16(19)24)20(28)14(21(29)30)10-27(18)17-3-2-12(22)6-15(17)23;1-3-9(7-13)11-5-6-12-10(4-2)8-14/h11-14,19-21,23-25,29,34-35,39,49-53H,15-18H2,1-10H3,(H,45,55);2-3,6-8,10-11,25H,4-5,9H2,1H3,(H,29,30);9-14H,3-8H2,1-2H3/b12-11+,19-14+,22-13-,44-20-;;/t21-,23-,24-,25-,29+,34+,35+,39-,43+;;9-,10-/m1.0/s1. The smallest absolute Gasteiger partial charge is 0.341 e. The van der Waals surface area contributed by atoms with Gasteiger partial charge in [-0.1, -0.05) is 59.8 Å². The van der Waals surface area contributed by atoms with Gasteiger partial charge in [0.1, 0.15) is 46.4 Å². The highest BCUT2D eigenvalue weighted by atomic mass is 19.1. The Bertz CT molecular complexity index is 4030. The number of hydrogen-bond donors (Lipinski definition) is 12. The van der Waals surface area contributed by atoms with Crippen molar-refractivity contribution in [3.05, 3.63) is 123 Å². The molecule has 103 heavy (non-hydrogen) atoms. The minimum atomic E-state index is -2.04.